The standard InChI is InChI=1S/C11H9ClFNOS/c12-9-2-1-3-10(13)8(9)6-14-4-5-16-7-11(14)15/h1-5H,6-7H2. The molecule has 84 valence electrons. The van der Waals surface area contributed by atoms with Crippen LogP contribution in [0.4, 0.5) is 4.39 Å². The average molecular weight is 258 g/mol. The van der Waals surface area contributed by atoms with E-state index < -0.39 is 0 Å². The molecule has 5 heteroatoms. The largest absolute Gasteiger partial charge is 0.313 e. The number of rotatable bonds is 2. The highest BCUT2D eigenvalue weighted by atomic mass is 35.5. The van der Waals surface area contributed by atoms with Crippen LogP contribution in [0.3, 0.4) is 0 Å². The molecular weight excluding hydrogens is 249 g/mol. The predicted octanol–water partition coefficient (Wildman–Crippen LogP) is 3.03. The van der Waals surface area contributed by atoms with Gasteiger partial charge < -0.3 is 4.90 Å². The van der Waals surface area contributed by atoms with Crippen LogP contribution in [-0.4, -0.2) is 16.6 Å². The third-order valence-electron chi connectivity index (χ3n) is 2.25. The van der Waals surface area contributed by atoms with Crippen LogP contribution in [0, 0.1) is 5.82 Å². The average Bonchev–Trinajstić information content (AvgIpc) is 2.26. The molecule has 1 aliphatic rings. The molecule has 0 radical (unpaired) electrons. The van der Waals surface area contributed by atoms with Gasteiger partial charge in [-0.15, -0.1) is 11.8 Å². The van der Waals surface area contributed by atoms with E-state index in [0.717, 1.165) is 0 Å². The van der Waals surface area contributed by atoms with Gasteiger partial charge in [-0.25, -0.2) is 4.39 Å². The van der Waals surface area contributed by atoms with Crippen molar-refractivity contribution < 1.29 is 9.18 Å². The van der Waals surface area contributed by atoms with E-state index in [2.05, 4.69) is 0 Å². The number of carbonyl (C=O) groups excluding carboxylic acids is 1. The lowest BCUT2D eigenvalue weighted by Crippen LogP contribution is -2.29. The van der Waals surface area contributed by atoms with Gasteiger partial charge in [-0.3, -0.25) is 4.79 Å². The van der Waals surface area contributed by atoms with Crippen molar-refractivity contribution in [3.63, 3.8) is 0 Å². The van der Waals surface area contributed by atoms with Crippen LogP contribution in [-0.2, 0) is 11.3 Å². The Hall–Kier alpha value is -1.00. The lowest BCUT2D eigenvalue weighted by molar-refractivity contribution is -0.126. The van der Waals surface area contributed by atoms with Crippen molar-refractivity contribution in [1.82, 2.24) is 4.90 Å². The van der Waals surface area contributed by atoms with Crippen LogP contribution in [0.15, 0.2) is 29.8 Å². The van der Waals surface area contributed by atoms with Crippen LogP contribution in [0.1, 0.15) is 5.56 Å². The number of halogens is 2. The molecule has 0 aromatic heterocycles. The Labute approximate surface area is 102 Å². The van der Waals surface area contributed by atoms with Gasteiger partial charge >= 0.3 is 0 Å². The van der Waals surface area contributed by atoms with Crippen molar-refractivity contribution >= 4 is 29.3 Å². The Morgan fingerprint density at radius 2 is 2.31 bits per heavy atom. The fourth-order valence-electron chi connectivity index (χ4n) is 1.40. The summed E-state index contributed by atoms with van der Waals surface area (Å²) in [4.78, 5) is 13.0. The van der Waals surface area contributed by atoms with Crippen molar-refractivity contribution in [3.05, 3.63) is 46.2 Å². The van der Waals surface area contributed by atoms with E-state index >= 15 is 0 Å². The van der Waals surface area contributed by atoms with Gasteiger partial charge in [0.2, 0.25) is 5.91 Å². The molecule has 0 N–H and O–H groups in total. The quantitative estimate of drug-likeness (QED) is 0.812. The molecule has 1 aliphatic heterocycles. The van der Waals surface area contributed by atoms with Crippen molar-refractivity contribution in [2.24, 2.45) is 0 Å². The van der Waals surface area contributed by atoms with Gasteiger partial charge in [0.1, 0.15) is 5.82 Å². The minimum absolute atomic E-state index is 0.0354. The Bertz CT molecular complexity index is 429. The Kier molecular flexibility index (Phi) is 3.51. The van der Waals surface area contributed by atoms with Gasteiger partial charge in [0.05, 0.1) is 12.3 Å². The Balaban J connectivity index is 2.23. The van der Waals surface area contributed by atoms with E-state index in [1.165, 1.54) is 22.7 Å². The summed E-state index contributed by atoms with van der Waals surface area (Å²) < 4.78 is 13.5. The normalized spacial score (nSPS) is 15.6. The summed E-state index contributed by atoms with van der Waals surface area (Å²) in [5.74, 6) is -0.0264. The van der Waals surface area contributed by atoms with Crippen molar-refractivity contribution in [3.8, 4) is 0 Å². The van der Waals surface area contributed by atoms with Gasteiger partial charge in [-0.2, -0.15) is 0 Å². The molecule has 2 rings (SSSR count). The predicted molar refractivity (Wildman–Crippen MR) is 63.6 cm³/mol. The van der Waals surface area contributed by atoms with E-state index in [-0.39, 0.29) is 18.3 Å². The zero-order valence-corrected chi connectivity index (χ0v) is 9.89. The van der Waals surface area contributed by atoms with Gasteiger partial charge in [-0.1, -0.05) is 17.7 Å². The summed E-state index contributed by atoms with van der Waals surface area (Å²) >= 11 is 7.32. The fourth-order valence-corrected chi connectivity index (χ4v) is 2.26. The van der Waals surface area contributed by atoms with E-state index in [9.17, 15) is 9.18 Å². The smallest absolute Gasteiger partial charge is 0.237 e. The lowest BCUT2D eigenvalue weighted by atomic mass is 10.2. The van der Waals surface area contributed by atoms with Crippen LogP contribution in [0.5, 0.6) is 0 Å². The number of carbonyl (C=O) groups is 1. The van der Waals surface area contributed by atoms with Crippen LogP contribution in [0.25, 0.3) is 0 Å². The second-order valence-corrected chi connectivity index (χ2v) is 4.62. The molecule has 0 spiro atoms. The Morgan fingerprint density at radius 3 is 3.00 bits per heavy atom. The Morgan fingerprint density at radius 1 is 1.50 bits per heavy atom. The van der Waals surface area contributed by atoms with Gasteiger partial charge in [0.25, 0.3) is 0 Å². The molecule has 0 unspecified atom stereocenters. The summed E-state index contributed by atoms with van der Waals surface area (Å²) in [5.41, 5.74) is 0.356. The first-order chi connectivity index (χ1) is 7.68. The molecular formula is C11H9ClFNOS. The molecule has 0 fully saturated rings. The summed E-state index contributed by atoms with van der Waals surface area (Å²) in [5, 5.41) is 2.16. The summed E-state index contributed by atoms with van der Waals surface area (Å²) in [6.07, 6.45) is 1.65. The number of nitrogens with zero attached hydrogens (tertiary/aromatic N) is 1. The molecule has 0 bridgehead atoms. The summed E-state index contributed by atoms with van der Waals surface area (Å²) in [6, 6.07) is 4.51. The van der Waals surface area contributed by atoms with Gasteiger partial charge in [-0.05, 0) is 17.5 Å². The molecule has 1 aromatic carbocycles. The highest BCUT2D eigenvalue weighted by Crippen LogP contribution is 2.23. The number of hydrogen-bond donors (Lipinski definition) is 0. The highest BCUT2D eigenvalue weighted by molar-refractivity contribution is 8.02. The second-order valence-electron chi connectivity index (χ2n) is 3.32. The maximum atomic E-state index is 13.5. The number of thioether (sulfide) groups is 1. The molecule has 16 heavy (non-hydrogen) atoms. The maximum absolute atomic E-state index is 13.5. The molecule has 1 heterocycles. The number of hydrogen-bond acceptors (Lipinski definition) is 2. The van der Waals surface area contributed by atoms with Crippen LogP contribution < -0.4 is 0 Å². The van der Waals surface area contributed by atoms with Gasteiger partial charge in [0, 0.05) is 16.8 Å². The number of amides is 1. The van der Waals surface area contributed by atoms with E-state index in [1.54, 1.807) is 18.3 Å². The molecule has 1 amide bonds. The second kappa shape index (κ2) is 4.89. The minimum atomic E-state index is -0.382. The van der Waals surface area contributed by atoms with Crippen molar-refractivity contribution in [2.45, 2.75) is 6.54 Å². The molecule has 0 atom stereocenters. The molecule has 1 aromatic rings. The first-order valence-electron chi connectivity index (χ1n) is 4.69. The summed E-state index contributed by atoms with van der Waals surface area (Å²) in [6.45, 7) is 0.182. The third-order valence-corrected chi connectivity index (χ3v) is 3.34. The van der Waals surface area contributed by atoms with Crippen molar-refractivity contribution in [1.29, 1.82) is 0 Å². The number of benzene rings is 1. The van der Waals surface area contributed by atoms with Crippen LogP contribution >= 0.6 is 23.4 Å². The zero-order valence-electron chi connectivity index (χ0n) is 8.32. The first kappa shape index (κ1) is 11.5. The van der Waals surface area contributed by atoms with E-state index in [4.69, 9.17) is 11.6 Å². The third kappa shape index (κ3) is 2.39. The van der Waals surface area contributed by atoms with E-state index in [0.29, 0.717) is 16.3 Å². The molecule has 0 aliphatic carbocycles. The highest BCUT2D eigenvalue weighted by Gasteiger charge is 2.17. The molecule has 0 saturated heterocycles. The van der Waals surface area contributed by atoms with Gasteiger partial charge in [0.15, 0.2) is 0 Å². The van der Waals surface area contributed by atoms with E-state index in [1.807, 2.05) is 5.41 Å². The molecule has 0 saturated carbocycles. The van der Waals surface area contributed by atoms with Crippen molar-refractivity contribution in [2.75, 3.05) is 5.75 Å². The lowest BCUT2D eigenvalue weighted by Gasteiger charge is -2.21. The monoisotopic (exact) mass is 257 g/mol. The first-order valence-corrected chi connectivity index (χ1v) is 6.12. The summed E-state index contributed by atoms with van der Waals surface area (Å²) in [7, 11) is 0. The minimum Gasteiger partial charge on any atom is -0.313 e. The maximum Gasteiger partial charge on any atom is 0.237 e. The van der Waals surface area contributed by atoms with Crippen LogP contribution in [0.2, 0.25) is 5.02 Å². The topological polar surface area (TPSA) is 20.3 Å². The zero-order chi connectivity index (χ0) is 11.5. The fraction of sp³-hybridized carbons (Fsp3) is 0.182. The molecule has 2 nitrogen and oxygen atoms in total. The SMILES string of the molecule is O=C1CSC=CN1Cc1c(F)cccc1Cl.